The zero-order valence-electron chi connectivity index (χ0n) is 26.9. The van der Waals surface area contributed by atoms with Crippen molar-refractivity contribution >= 4 is 0 Å². The van der Waals surface area contributed by atoms with E-state index in [1.165, 1.54) is 141 Å². The van der Waals surface area contributed by atoms with E-state index in [0.717, 1.165) is 39.1 Å². The van der Waals surface area contributed by atoms with Crippen molar-refractivity contribution in [1.82, 2.24) is 0 Å². The van der Waals surface area contributed by atoms with E-state index < -0.39 is 0 Å². The molecule has 0 aliphatic heterocycles. The fourth-order valence-electron chi connectivity index (χ4n) is 4.78. The van der Waals surface area contributed by atoms with Gasteiger partial charge in [-0.3, -0.25) is 0 Å². The largest absolute Gasteiger partial charge is 0.475 e. The van der Waals surface area contributed by atoms with Gasteiger partial charge in [0.05, 0.1) is 12.9 Å². The number of rotatable bonds is 34. The van der Waals surface area contributed by atoms with Gasteiger partial charge in [-0.1, -0.05) is 136 Å². The molecule has 0 saturated heterocycles. The van der Waals surface area contributed by atoms with E-state index in [1.807, 2.05) is 6.26 Å². The first kappa shape index (κ1) is 38.4. The summed E-state index contributed by atoms with van der Waals surface area (Å²) in [5.41, 5.74) is 0. The van der Waals surface area contributed by atoms with Crippen LogP contribution in [0.15, 0.2) is 12.3 Å². The predicted octanol–water partition coefficient (Wildman–Crippen LogP) is 11.7. The highest BCUT2D eigenvalue weighted by molar-refractivity contribution is 4.72. The summed E-state index contributed by atoms with van der Waals surface area (Å²) >= 11 is 0. The molecule has 0 N–H and O–H groups in total. The maximum atomic E-state index is 6.10. The highest BCUT2D eigenvalue weighted by atomic mass is 16.7. The molecule has 39 heavy (non-hydrogen) atoms. The summed E-state index contributed by atoms with van der Waals surface area (Å²) < 4.78 is 23.2. The summed E-state index contributed by atoms with van der Waals surface area (Å²) in [4.78, 5) is 0. The molecule has 0 aliphatic carbocycles. The summed E-state index contributed by atoms with van der Waals surface area (Å²) in [6.45, 7) is 9.70. The molecule has 0 fully saturated rings. The van der Waals surface area contributed by atoms with Crippen LogP contribution in [-0.4, -0.2) is 32.9 Å². The molecule has 0 spiro atoms. The third kappa shape index (κ3) is 33.5. The first-order valence-corrected chi connectivity index (χ1v) is 17.4. The van der Waals surface area contributed by atoms with E-state index in [4.69, 9.17) is 18.9 Å². The van der Waals surface area contributed by atoms with Crippen LogP contribution in [0.5, 0.6) is 0 Å². The molecule has 0 rings (SSSR count). The topological polar surface area (TPSA) is 36.9 Å². The standard InChI is InChI=1S/C35H70O4/c1-4-7-10-13-22-25-30-36-34-37-31-26-23-20-18-16-14-15-17-19-21-24-29-35(38-32-27-11-8-5-2)39-33-28-12-9-6-3/h26,31,35H,4-25,27-30,32-34H2,1-3H3. The molecule has 0 aromatic rings. The van der Waals surface area contributed by atoms with Gasteiger partial charge in [0, 0.05) is 13.2 Å². The maximum absolute atomic E-state index is 6.10. The van der Waals surface area contributed by atoms with Crippen LogP contribution in [0.1, 0.15) is 181 Å². The second kappa shape index (κ2) is 35.4. The number of hydrogen-bond donors (Lipinski definition) is 0. The van der Waals surface area contributed by atoms with Crippen LogP contribution >= 0.6 is 0 Å². The first-order valence-electron chi connectivity index (χ1n) is 17.4. The molecule has 0 aliphatic rings. The van der Waals surface area contributed by atoms with Crippen molar-refractivity contribution in [2.24, 2.45) is 0 Å². The highest BCUT2D eigenvalue weighted by Gasteiger charge is 2.09. The lowest BCUT2D eigenvalue weighted by atomic mass is 10.1. The third-order valence-corrected chi connectivity index (χ3v) is 7.40. The Kier molecular flexibility index (Phi) is 34.9. The molecule has 0 atom stereocenters. The molecule has 0 bridgehead atoms. The summed E-state index contributed by atoms with van der Waals surface area (Å²) in [6.07, 6.45) is 36.0. The molecule has 4 heteroatoms. The van der Waals surface area contributed by atoms with Crippen molar-refractivity contribution in [2.45, 2.75) is 188 Å². The van der Waals surface area contributed by atoms with Gasteiger partial charge in [0.2, 0.25) is 0 Å². The van der Waals surface area contributed by atoms with Crippen LogP contribution in [0.2, 0.25) is 0 Å². The van der Waals surface area contributed by atoms with Gasteiger partial charge in [-0.05, 0) is 51.0 Å². The van der Waals surface area contributed by atoms with Crippen molar-refractivity contribution in [2.75, 3.05) is 26.6 Å². The Balaban J connectivity index is 3.50. The van der Waals surface area contributed by atoms with Gasteiger partial charge < -0.3 is 18.9 Å². The molecule has 0 heterocycles. The van der Waals surface area contributed by atoms with Crippen LogP contribution in [0.3, 0.4) is 0 Å². The molecule has 0 aromatic heterocycles. The molecule has 0 aromatic carbocycles. The average molecular weight is 555 g/mol. The van der Waals surface area contributed by atoms with Crippen LogP contribution in [0.4, 0.5) is 0 Å². The quantitative estimate of drug-likeness (QED) is 0.0450. The van der Waals surface area contributed by atoms with Crippen LogP contribution in [-0.2, 0) is 18.9 Å². The Bertz CT molecular complexity index is 440. The Morgan fingerprint density at radius 2 is 0.897 bits per heavy atom. The van der Waals surface area contributed by atoms with E-state index >= 15 is 0 Å². The minimum absolute atomic E-state index is 0.0188. The van der Waals surface area contributed by atoms with Crippen molar-refractivity contribution in [3.63, 3.8) is 0 Å². The molecule has 0 unspecified atom stereocenters. The minimum atomic E-state index is 0.0188. The normalized spacial score (nSPS) is 11.8. The van der Waals surface area contributed by atoms with Gasteiger partial charge in [-0.15, -0.1) is 0 Å². The Morgan fingerprint density at radius 3 is 1.46 bits per heavy atom. The van der Waals surface area contributed by atoms with Gasteiger partial charge in [0.25, 0.3) is 0 Å². The molecule has 0 radical (unpaired) electrons. The Labute approximate surface area is 245 Å². The van der Waals surface area contributed by atoms with Gasteiger partial charge in [0.1, 0.15) is 0 Å². The second-order valence-corrected chi connectivity index (χ2v) is 11.4. The lowest BCUT2D eigenvalue weighted by Gasteiger charge is -2.19. The van der Waals surface area contributed by atoms with E-state index in [1.54, 1.807) is 0 Å². The van der Waals surface area contributed by atoms with E-state index in [0.29, 0.717) is 6.79 Å². The van der Waals surface area contributed by atoms with E-state index in [-0.39, 0.29) is 6.29 Å². The maximum Gasteiger partial charge on any atom is 0.188 e. The van der Waals surface area contributed by atoms with Crippen molar-refractivity contribution in [3.05, 3.63) is 12.3 Å². The molecule has 0 saturated carbocycles. The molecule has 4 nitrogen and oxygen atoms in total. The van der Waals surface area contributed by atoms with E-state index in [9.17, 15) is 0 Å². The fraction of sp³-hybridized carbons (Fsp3) is 0.943. The van der Waals surface area contributed by atoms with E-state index in [2.05, 4.69) is 26.8 Å². The van der Waals surface area contributed by atoms with Crippen LogP contribution in [0.25, 0.3) is 0 Å². The zero-order chi connectivity index (χ0) is 28.3. The summed E-state index contributed by atoms with van der Waals surface area (Å²) in [5.74, 6) is 0. The third-order valence-electron chi connectivity index (χ3n) is 7.40. The lowest BCUT2D eigenvalue weighted by Crippen LogP contribution is -2.19. The molecule has 234 valence electrons. The SMILES string of the molecule is CCCCCCCCOCOC=CCCCCCCCCCCCC(OCCCCCC)OCCCCCC. The van der Waals surface area contributed by atoms with Crippen LogP contribution in [0, 0.1) is 0 Å². The van der Waals surface area contributed by atoms with Gasteiger partial charge >= 0.3 is 0 Å². The molecular formula is C35H70O4. The second-order valence-electron chi connectivity index (χ2n) is 11.4. The average Bonchev–Trinajstić information content (AvgIpc) is 2.95. The zero-order valence-corrected chi connectivity index (χ0v) is 26.9. The Hall–Kier alpha value is -0.580. The summed E-state index contributed by atoms with van der Waals surface area (Å²) in [6, 6.07) is 0. The highest BCUT2D eigenvalue weighted by Crippen LogP contribution is 2.15. The minimum Gasteiger partial charge on any atom is -0.475 e. The monoisotopic (exact) mass is 555 g/mol. The van der Waals surface area contributed by atoms with Crippen molar-refractivity contribution in [1.29, 1.82) is 0 Å². The molecular weight excluding hydrogens is 484 g/mol. The molecule has 0 amide bonds. The summed E-state index contributed by atoms with van der Waals surface area (Å²) in [7, 11) is 0. The van der Waals surface area contributed by atoms with Crippen molar-refractivity contribution < 1.29 is 18.9 Å². The van der Waals surface area contributed by atoms with Gasteiger partial charge in [-0.25, -0.2) is 0 Å². The smallest absolute Gasteiger partial charge is 0.188 e. The first-order chi connectivity index (χ1) is 19.3. The summed E-state index contributed by atoms with van der Waals surface area (Å²) in [5, 5.41) is 0. The van der Waals surface area contributed by atoms with Crippen molar-refractivity contribution in [3.8, 4) is 0 Å². The number of unbranched alkanes of at least 4 members (excludes halogenated alkanes) is 20. The van der Waals surface area contributed by atoms with Gasteiger partial charge in [0.15, 0.2) is 13.1 Å². The van der Waals surface area contributed by atoms with Crippen LogP contribution < -0.4 is 0 Å². The Morgan fingerprint density at radius 1 is 0.462 bits per heavy atom. The number of hydrogen-bond acceptors (Lipinski definition) is 4. The lowest BCUT2D eigenvalue weighted by molar-refractivity contribution is -0.148. The fourth-order valence-corrected chi connectivity index (χ4v) is 4.78. The number of ether oxygens (including phenoxy) is 4. The predicted molar refractivity (Wildman–Crippen MR) is 169 cm³/mol. The number of allylic oxidation sites excluding steroid dienone is 1. The van der Waals surface area contributed by atoms with Gasteiger partial charge in [-0.2, -0.15) is 0 Å².